The number of halogens is 2. The summed E-state index contributed by atoms with van der Waals surface area (Å²) in [6.45, 7) is 5.99. The Kier molecular flexibility index (Phi) is 7.55. The smallest absolute Gasteiger partial charge is 0.200 e. The largest absolute Gasteiger partial charge is 0.487 e. The molecule has 3 heterocycles. The molecule has 3 N–H and O–H groups in total. The molecule has 1 aliphatic rings. The monoisotopic (exact) mass is 540 g/mol. The van der Waals surface area contributed by atoms with Gasteiger partial charge in [-0.2, -0.15) is 14.6 Å². The summed E-state index contributed by atoms with van der Waals surface area (Å²) >= 11 is 0. The van der Waals surface area contributed by atoms with Crippen molar-refractivity contribution in [3.05, 3.63) is 54.5 Å². The maximum atomic E-state index is 14.1. The third-order valence-electron chi connectivity index (χ3n) is 7.23. The van der Waals surface area contributed by atoms with Crippen LogP contribution in [0.4, 0.5) is 14.6 Å². The van der Waals surface area contributed by atoms with Crippen molar-refractivity contribution in [2.75, 3.05) is 11.9 Å². The molecule has 11 heteroatoms. The highest BCUT2D eigenvalue weighted by Gasteiger charge is 2.29. The van der Waals surface area contributed by atoms with Crippen LogP contribution in [0.1, 0.15) is 52.5 Å². The Morgan fingerprint density at radius 2 is 1.95 bits per heavy atom. The van der Waals surface area contributed by atoms with Gasteiger partial charge in [0.25, 0.3) is 0 Å². The van der Waals surface area contributed by atoms with Crippen LogP contribution in [-0.4, -0.2) is 59.1 Å². The number of rotatable bonds is 9. The maximum absolute atomic E-state index is 14.1. The van der Waals surface area contributed by atoms with E-state index in [9.17, 15) is 19.0 Å². The molecule has 0 saturated heterocycles. The molecule has 1 aromatic carbocycles. The minimum Gasteiger partial charge on any atom is -0.487 e. The van der Waals surface area contributed by atoms with Crippen LogP contribution in [0, 0.1) is 11.6 Å². The molecule has 1 saturated carbocycles. The molecular formula is C28H34F2N6O3. The first-order valence-electron chi connectivity index (χ1n) is 13.3. The van der Waals surface area contributed by atoms with E-state index in [1.807, 2.05) is 17.7 Å². The van der Waals surface area contributed by atoms with E-state index in [0.29, 0.717) is 12.8 Å². The number of hydrogen-bond donors (Lipinski definition) is 3. The number of anilines is 1. The fraction of sp³-hybridized carbons (Fsp3) is 0.464. The number of pyridine rings is 1. The van der Waals surface area contributed by atoms with Gasteiger partial charge in [0.15, 0.2) is 11.6 Å². The summed E-state index contributed by atoms with van der Waals surface area (Å²) in [5.41, 5.74) is 1.18. The first kappa shape index (κ1) is 27.0. The highest BCUT2D eigenvalue weighted by Crippen LogP contribution is 2.37. The Morgan fingerprint density at radius 3 is 2.67 bits per heavy atom. The molecule has 5 rings (SSSR count). The van der Waals surface area contributed by atoms with Gasteiger partial charge in [0.05, 0.1) is 36.0 Å². The molecular weight excluding hydrogens is 506 g/mol. The van der Waals surface area contributed by atoms with Crippen molar-refractivity contribution in [3.8, 4) is 17.0 Å². The summed E-state index contributed by atoms with van der Waals surface area (Å²) in [5.74, 6) is -1.18. The second-order valence-electron chi connectivity index (χ2n) is 10.6. The Labute approximate surface area is 225 Å². The molecule has 9 nitrogen and oxygen atoms in total. The van der Waals surface area contributed by atoms with Crippen molar-refractivity contribution in [3.63, 3.8) is 0 Å². The van der Waals surface area contributed by atoms with Gasteiger partial charge in [-0.05, 0) is 58.6 Å². The van der Waals surface area contributed by atoms with E-state index in [1.165, 1.54) is 12.1 Å². The first-order chi connectivity index (χ1) is 18.6. The van der Waals surface area contributed by atoms with E-state index in [0.717, 1.165) is 53.4 Å². The Hall–Kier alpha value is -3.57. The van der Waals surface area contributed by atoms with Gasteiger partial charge >= 0.3 is 0 Å². The SMILES string of the molecule is CCNc1cc2c(cn1)c(-c1cnn(C[C@H](O)C(C)(C)O)c1)nn2[C@H]1CC[C@@H](Oc2cccc(F)c2F)CC1. The van der Waals surface area contributed by atoms with Crippen LogP contribution in [0.15, 0.2) is 42.9 Å². The van der Waals surface area contributed by atoms with E-state index in [4.69, 9.17) is 9.84 Å². The lowest BCUT2D eigenvalue weighted by molar-refractivity contribution is -0.0566. The Balaban J connectivity index is 1.40. The zero-order chi connectivity index (χ0) is 27.7. The second kappa shape index (κ2) is 10.9. The molecule has 1 fully saturated rings. The molecule has 0 aliphatic heterocycles. The van der Waals surface area contributed by atoms with E-state index >= 15 is 0 Å². The standard InChI is InChI=1S/C28H34F2N6O3/c1-4-31-25-12-22-20(14-32-25)27(17-13-33-35(15-17)16-24(37)28(2,3)38)34-36(22)18-8-10-19(11-9-18)39-23-7-5-6-21(29)26(23)30/h5-7,12-15,18-19,24,37-38H,4,8-11,16H2,1-3H3,(H,31,32)/t18-,19+,24-/m0/s1. The topological polar surface area (TPSA) is 110 Å². The summed E-state index contributed by atoms with van der Waals surface area (Å²) in [7, 11) is 0. The van der Waals surface area contributed by atoms with Gasteiger partial charge in [-0.25, -0.2) is 9.37 Å². The molecule has 1 aliphatic carbocycles. The maximum Gasteiger partial charge on any atom is 0.200 e. The number of fused-ring (bicyclic) bond motifs is 1. The third-order valence-corrected chi connectivity index (χ3v) is 7.23. The molecule has 0 amide bonds. The molecule has 208 valence electrons. The summed E-state index contributed by atoms with van der Waals surface area (Å²) in [5, 5.41) is 33.9. The van der Waals surface area contributed by atoms with E-state index in [1.54, 1.807) is 37.1 Å². The van der Waals surface area contributed by atoms with Gasteiger partial charge in [-0.15, -0.1) is 0 Å². The number of hydrogen-bond acceptors (Lipinski definition) is 7. The molecule has 4 aromatic rings. The van der Waals surface area contributed by atoms with Crippen molar-refractivity contribution < 1.29 is 23.7 Å². The minimum absolute atomic E-state index is 0.0571. The summed E-state index contributed by atoms with van der Waals surface area (Å²) in [4.78, 5) is 4.55. The molecule has 0 spiro atoms. The number of nitrogens with one attached hydrogen (secondary N) is 1. The van der Waals surface area contributed by atoms with Crippen LogP contribution in [-0.2, 0) is 6.54 Å². The van der Waals surface area contributed by atoms with Crippen LogP contribution in [0.3, 0.4) is 0 Å². The van der Waals surface area contributed by atoms with Crippen molar-refractivity contribution in [2.24, 2.45) is 0 Å². The van der Waals surface area contributed by atoms with E-state index in [-0.39, 0.29) is 24.4 Å². The molecule has 0 bridgehead atoms. The quantitative estimate of drug-likeness (QED) is 0.282. The van der Waals surface area contributed by atoms with Gasteiger partial charge < -0.3 is 20.3 Å². The van der Waals surface area contributed by atoms with Gasteiger partial charge in [-0.3, -0.25) is 9.36 Å². The first-order valence-corrected chi connectivity index (χ1v) is 13.3. The fourth-order valence-corrected chi connectivity index (χ4v) is 4.95. The van der Waals surface area contributed by atoms with Gasteiger partial charge in [-0.1, -0.05) is 6.07 Å². The average molecular weight is 541 g/mol. The van der Waals surface area contributed by atoms with Crippen LogP contribution in [0.25, 0.3) is 22.2 Å². The number of benzene rings is 1. The van der Waals surface area contributed by atoms with Crippen LogP contribution >= 0.6 is 0 Å². The predicted molar refractivity (Wildman–Crippen MR) is 143 cm³/mol. The zero-order valence-electron chi connectivity index (χ0n) is 22.3. The predicted octanol–water partition coefficient (Wildman–Crippen LogP) is 4.70. The van der Waals surface area contributed by atoms with Gasteiger partial charge in [0, 0.05) is 36.0 Å². The summed E-state index contributed by atoms with van der Waals surface area (Å²) in [6.07, 6.45) is 6.97. The Morgan fingerprint density at radius 1 is 1.18 bits per heavy atom. The van der Waals surface area contributed by atoms with E-state index < -0.39 is 23.3 Å². The molecule has 0 unspecified atom stereocenters. The van der Waals surface area contributed by atoms with E-state index in [2.05, 4.69) is 15.4 Å². The highest BCUT2D eigenvalue weighted by molar-refractivity contribution is 5.93. The van der Waals surface area contributed by atoms with Crippen molar-refractivity contribution in [2.45, 2.75) is 76.9 Å². The second-order valence-corrected chi connectivity index (χ2v) is 10.6. The van der Waals surface area contributed by atoms with Crippen LogP contribution in [0.5, 0.6) is 5.75 Å². The summed E-state index contributed by atoms with van der Waals surface area (Å²) in [6, 6.07) is 6.05. The third kappa shape index (κ3) is 5.74. The lowest BCUT2D eigenvalue weighted by Gasteiger charge is -2.29. The number of aromatic nitrogens is 5. The lowest BCUT2D eigenvalue weighted by atomic mass is 9.93. The normalized spacial score (nSPS) is 18.8. The van der Waals surface area contributed by atoms with Crippen molar-refractivity contribution in [1.82, 2.24) is 24.5 Å². The number of ether oxygens (including phenoxy) is 1. The molecule has 1 atom stereocenters. The highest BCUT2D eigenvalue weighted by atomic mass is 19.2. The number of aliphatic hydroxyl groups is 2. The minimum atomic E-state index is -1.25. The molecule has 39 heavy (non-hydrogen) atoms. The fourth-order valence-electron chi connectivity index (χ4n) is 4.95. The average Bonchev–Trinajstić information content (AvgIpc) is 3.51. The number of nitrogens with zero attached hydrogens (tertiary/aromatic N) is 5. The van der Waals surface area contributed by atoms with Crippen molar-refractivity contribution in [1.29, 1.82) is 0 Å². The lowest BCUT2D eigenvalue weighted by Crippen LogP contribution is -2.39. The van der Waals surface area contributed by atoms with Gasteiger partial charge in [0.2, 0.25) is 5.82 Å². The Bertz CT molecular complexity index is 1440. The van der Waals surface area contributed by atoms with Gasteiger partial charge in [0.1, 0.15) is 17.6 Å². The number of aliphatic hydroxyl groups excluding tert-OH is 1. The summed E-state index contributed by atoms with van der Waals surface area (Å²) < 4.78 is 37.1. The molecule has 3 aromatic heterocycles. The zero-order valence-corrected chi connectivity index (χ0v) is 22.3. The van der Waals surface area contributed by atoms with Crippen LogP contribution < -0.4 is 10.1 Å². The van der Waals surface area contributed by atoms with Crippen molar-refractivity contribution >= 4 is 16.7 Å². The molecule has 0 radical (unpaired) electrons. The van der Waals surface area contributed by atoms with Crippen LogP contribution in [0.2, 0.25) is 0 Å².